The molecule has 1 aromatic rings. The minimum atomic E-state index is -0.497. The van der Waals surface area contributed by atoms with E-state index >= 15 is 0 Å². The van der Waals surface area contributed by atoms with Gasteiger partial charge in [0.2, 0.25) is 0 Å². The third kappa shape index (κ3) is 3.64. The van der Waals surface area contributed by atoms with Crippen LogP contribution >= 0.6 is 11.6 Å². The maximum atomic E-state index is 12.7. The first-order valence-corrected chi connectivity index (χ1v) is 7.96. The number of methoxy groups -OCH3 is 1. The van der Waals surface area contributed by atoms with Gasteiger partial charge in [0, 0.05) is 17.3 Å². The molecule has 1 heterocycles. The molecule has 1 aliphatic rings. The van der Waals surface area contributed by atoms with E-state index in [-0.39, 0.29) is 5.91 Å². The first-order valence-electron chi connectivity index (χ1n) is 7.58. The summed E-state index contributed by atoms with van der Waals surface area (Å²) in [6.45, 7) is 4.43. The van der Waals surface area contributed by atoms with Crippen LogP contribution in [0, 0.1) is 0 Å². The first kappa shape index (κ1) is 17.3. The molecule has 1 aromatic carbocycles. The van der Waals surface area contributed by atoms with Gasteiger partial charge in [-0.2, -0.15) is 0 Å². The van der Waals surface area contributed by atoms with Gasteiger partial charge in [0.1, 0.15) is 0 Å². The molecule has 0 aromatic heterocycles. The number of hydrogen-bond donors (Lipinski definition) is 0. The van der Waals surface area contributed by atoms with Crippen LogP contribution in [0.25, 0.3) is 6.08 Å². The van der Waals surface area contributed by atoms with Crippen LogP contribution in [-0.2, 0) is 14.3 Å². The SMILES string of the molecule is CCCCN1C(=O)/C(=C\c2cccc(Cl)c2)C(C(=O)OC)=C1C. The smallest absolute Gasteiger partial charge is 0.340 e. The molecule has 4 nitrogen and oxygen atoms in total. The van der Waals surface area contributed by atoms with E-state index in [1.54, 1.807) is 36.1 Å². The van der Waals surface area contributed by atoms with E-state index in [1.807, 2.05) is 6.07 Å². The summed E-state index contributed by atoms with van der Waals surface area (Å²) in [6, 6.07) is 7.15. The van der Waals surface area contributed by atoms with Crippen molar-refractivity contribution in [3.63, 3.8) is 0 Å². The first-order chi connectivity index (χ1) is 11.0. The van der Waals surface area contributed by atoms with Gasteiger partial charge in [0.25, 0.3) is 5.91 Å². The van der Waals surface area contributed by atoms with E-state index in [0.29, 0.717) is 28.4 Å². The van der Waals surface area contributed by atoms with Gasteiger partial charge in [-0.1, -0.05) is 37.1 Å². The quantitative estimate of drug-likeness (QED) is 0.608. The highest BCUT2D eigenvalue weighted by atomic mass is 35.5. The minimum Gasteiger partial charge on any atom is -0.465 e. The van der Waals surface area contributed by atoms with Gasteiger partial charge in [-0.15, -0.1) is 0 Å². The van der Waals surface area contributed by atoms with Crippen molar-refractivity contribution < 1.29 is 14.3 Å². The lowest BCUT2D eigenvalue weighted by molar-refractivity contribution is -0.136. The Bertz CT molecular complexity index is 691. The zero-order chi connectivity index (χ0) is 17.0. The number of ether oxygens (including phenoxy) is 1. The zero-order valence-electron chi connectivity index (χ0n) is 13.6. The van der Waals surface area contributed by atoms with E-state index in [0.717, 1.165) is 18.4 Å². The molecule has 0 bridgehead atoms. The molecule has 0 unspecified atom stereocenters. The van der Waals surface area contributed by atoms with Crippen molar-refractivity contribution in [2.75, 3.05) is 13.7 Å². The van der Waals surface area contributed by atoms with Gasteiger partial charge in [0.05, 0.1) is 18.3 Å². The fraction of sp³-hybridized carbons (Fsp3) is 0.333. The number of carbonyl (C=O) groups is 2. The van der Waals surface area contributed by atoms with E-state index in [4.69, 9.17) is 16.3 Å². The Morgan fingerprint density at radius 2 is 2.13 bits per heavy atom. The number of amides is 1. The molecule has 1 aliphatic heterocycles. The summed E-state index contributed by atoms with van der Waals surface area (Å²) >= 11 is 5.99. The van der Waals surface area contributed by atoms with Crippen molar-refractivity contribution in [2.24, 2.45) is 0 Å². The van der Waals surface area contributed by atoms with E-state index in [9.17, 15) is 9.59 Å². The van der Waals surface area contributed by atoms with Crippen molar-refractivity contribution in [3.8, 4) is 0 Å². The topological polar surface area (TPSA) is 46.6 Å². The second-order valence-corrected chi connectivity index (χ2v) is 5.81. The molecule has 0 fully saturated rings. The van der Waals surface area contributed by atoms with E-state index in [1.165, 1.54) is 7.11 Å². The fourth-order valence-electron chi connectivity index (χ4n) is 2.58. The molecule has 122 valence electrons. The van der Waals surface area contributed by atoms with Crippen molar-refractivity contribution in [2.45, 2.75) is 26.7 Å². The number of allylic oxidation sites excluding steroid dienone is 1. The average molecular weight is 334 g/mol. The minimum absolute atomic E-state index is 0.170. The normalized spacial score (nSPS) is 16.4. The lowest BCUT2D eigenvalue weighted by Gasteiger charge is -2.17. The van der Waals surface area contributed by atoms with Crippen molar-refractivity contribution in [1.82, 2.24) is 4.90 Å². The molecular weight excluding hydrogens is 314 g/mol. The third-order valence-electron chi connectivity index (χ3n) is 3.80. The summed E-state index contributed by atoms with van der Waals surface area (Å²) < 4.78 is 4.85. The van der Waals surface area contributed by atoms with Crippen molar-refractivity contribution in [3.05, 3.63) is 51.7 Å². The number of halogens is 1. The molecule has 0 radical (unpaired) electrons. The highest BCUT2D eigenvalue weighted by molar-refractivity contribution is 6.30. The predicted octanol–water partition coefficient (Wildman–Crippen LogP) is 3.81. The number of hydrogen-bond acceptors (Lipinski definition) is 3. The monoisotopic (exact) mass is 333 g/mol. The summed E-state index contributed by atoms with van der Waals surface area (Å²) in [5, 5.41) is 0.577. The number of esters is 1. The lowest BCUT2D eigenvalue weighted by Crippen LogP contribution is -2.26. The van der Waals surface area contributed by atoms with Crippen LogP contribution in [0.2, 0.25) is 5.02 Å². The molecule has 0 atom stereocenters. The predicted molar refractivity (Wildman–Crippen MR) is 90.8 cm³/mol. The Hall–Kier alpha value is -2.07. The van der Waals surface area contributed by atoms with Crippen LogP contribution < -0.4 is 0 Å². The molecular formula is C18H20ClNO3. The maximum Gasteiger partial charge on any atom is 0.340 e. The average Bonchev–Trinajstić information content (AvgIpc) is 2.76. The second-order valence-electron chi connectivity index (χ2n) is 5.38. The Balaban J connectivity index is 2.47. The van der Waals surface area contributed by atoms with Gasteiger partial charge in [-0.05, 0) is 37.1 Å². The van der Waals surface area contributed by atoms with Crippen LogP contribution in [0.15, 0.2) is 41.1 Å². The van der Waals surface area contributed by atoms with Gasteiger partial charge in [0.15, 0.2) is 0 Å². The number of rotatable bonds is 5. The highest BCUT2D eigenvalue weighted by Crippen LogP contribution is 2.32. The number of carbonyl (C=O) groups excluding carboxylic acids is 2. The summed E-state index contributed by atoms with van der Waals surface area (Å²) in [5.41, 5.74) is 2.09. The zero-order valence-corrected chi connectivity index (χ0v) is 14.3. The number of nitrogens with zero attached hydrogens (tertiary/aromatic N) is 1. The Morgan fingerprint density at radius 1 is 1.39 bits per heavy atom. The standard InChI is InChI=1S/C18H20ClNO3/c1-4-5-9-20-12(2)16(18(22)23-3)15(17(20)21)11-13-7-6-8-14(19)10-13/h6-8,10-11H,4-5,9H2,1-3H3/b15-11-. The molecule has 23 heavy (non-hydrogen) atoms. The molecule has 1 amide bonds. The maximum absolute atomic E-state index is 12.7. The summed E-state index contributed by atoms with van der Waals surface area (Å²) in [4.78, 5) is 26.5. The van der Waals surface area contributed by atoms with Crippen LogP contribution in [0.4, 0.5) is 0 Å². The van der Waals surface area contributed by atoms with E-state index in [2.05, 4.69) is 6.92 Å². The van der Waals surface area contributed by atoms with Crippen LogP contribution in [0.5, 0.6) is 0 Å². The highest BCUT2D eigenvalue weighted by Gasteiger charge is 2.36. The van der Waals surface area contributed by atoms with Crippen LogP contribution in [0.3, 0.4) is 0 Å². The van der Waals surface area contributed by atoms with Crippen LogP contribution in [0.1, 0.15) is 32.3 Å². The van der Waals surface area contributed by atoms with Gasteiger partial charge < -0.3 is 9.64 Å². The Morgan fingerprint density at radius 3 is 2.74 bits per heavy atom. The Labute approximate surface area is 141 Å². The summed E-state index contributed by atoms with van der Waals surface area (Å²) in [5.74, 6) is -0.667. The molecule has 0 spiro atoms. The van der Waals surface area contributed by atoms with Crippen LogP contribution in [-0.4, -0.2) is 30.4 Å². The van der Waals surface area contributed by atoms with E-state index < -0.39 is 5.97 Å². The number of unbranched alkanes of at least 4 members (excludes halogenated alkanes) is 1. The molecule has 0 saturated heterocycles. The number of benzene rings is 1. The van der Waals surface area contributed by atoms with Gasteiger partial charge in [-0.3, -0.25) is 4.79 Å². The molecule has 0 N–H and O–H groups in total. The third-order valence-corrected chi connectivity index (χ3v) is 4.03. The van der Waals surface area contributed by atoms with Gasteiger partial charge >= 0.3 is 5.97 Å². The molecule has 0 saturated carbocycles. The van der Waals surface area contributed by atoms with Gasteiger partial charge in [-0.25, -0.2) is 4.79 Å². The molecule has 2 rings (SSSR count). The van der Waals surface area contributed by atoms with Crippen molar-refractivity contribution >= 4 is 29.6 Å². The molecule has 0 aliphatic carbocycles. The second kappa shape index (κ2) is 7.47. The molecule has 5 heteroatoms. The Kier molecular flexibility index (Phi) is 5.61. The fourth-order valence-corrected chi connectivity index (χ4v) is 2.78. The van der Waals surface area contributed by atoms with Crippen molar-refractivity contribution in [1.29, 1.82) is 0 Å². The summed E-state index contributed by atoms with van der Waals surface area (Å²) in [6.07, 6.45) is 3.54. The lowest BCUT2D eigenvalue weighted by atomic mass is 10.0. The largest absolute Gasteiger partial charge is 0.465 e. The summed E-state index contributed by atoms with van der Waals surface area (Å²) in [7, 11) is 1.32.